The van der Waals surface area contributed by atoms with E-state index in [0.717, 1.165) is 30.6 Å². The Labute approximate surface area is 125 Å². The average molecular weight is 293 g/mol. The summed E-state index contributed by atoms with van der Waals surface area (Å²) in [6.45, 7) is 5.15. The number of rotatable bonds is 6. The van der Waals surface area contributed by atoms with Gasteiger partial charge in [-0.15, -0.1) is 0 Å². The van der Waals surface area contributed by atoms with Crippen molar-refractivity contribution in [3.63, 3.8) is 0 Å². The zero-order valence-corrected chi connectivity index (χ0v) is 12.8. The minimum absolute atomic E-state index is 0.0559. The maximum Gasteiger partial charge on any atom is 0.0624 e. The highest BCUT2D eigenvalue weighted by atomic mass is 35.5. The van der Waals surface area contributed by atoms with Crippen LogP contribution in [0.1, 0.15) is 36.7 Å². The zero-order valence-electron chi connectivity index (χ0n) is 12.0. The van der Waals surface area contributed by atoms with Crippen LogP contribution in [0.5, 0.6) is 0 Å². The highest BCUT2D eigenvalue weighted by molar-refractivity contribution is 6.30. The van der Waals surface area contributed by atoms with E-state index < -0.39 is 0 Å². The summed E-state index contributed by atoms with van der Waals surface area (Å²) in [6.07, 6.45) is 1.71. The molecule has 0 saturated heterocycles. The Morgan fingerprint density at radius 1 is 1.30 bits per heavy atom. The molecule has 1 atom stereocenters. The Balaban J connectivity index is 2.24. The van der Waals surface area contributed by atoms with Crippen molar-refractivity contribution in [3.8, 4) is 0 Å². The van der Waals surface area contributed by atoms with Crippen LogP contribution in [0.15, 0.2) is 30.3 Å². The van der Waals surface area contributed by atoms with Crippen molar-refractivity contribution >= 4 is 11.6 Å². The second-order valence-electron chi connectivity index (χ2n) is 4.93. The van der Waals surface area contributed by atoms with Gasteiger partial charge >= 0.3 is 0 Å². The summed E-state index contributed by atoms with van der Waals surface area (Å²) in [5.41, 5.74) is 3.34. The van der Waals surface area contributed by atoms with E-state index in [9.17, 15) is 5.11 Å². The second-order valence-corrected chi connectivity index (χ2v) is 5.37. The van der Waals surface area contributed by atoms with Gasteiger partial charge in [-0.3, -0.25) is 4.68 Å². The Bertz CT molecular complexity index is 565. The Kier molecular flexibility index (Phi) is 5.21. The minimum atomic E-state index is 0.0559. The topological polar surface area (TPSA) is 38.0 Å². The molecule has 1 heterocycles. The first-order valence-electron chi connectivity index (χ1n) is 7.09. The molecule has 0 aliphatic rings. The molecule has 0 bridgehead atoms. The maximum absolute atomic E-state index is 9.69. The summed E-state index contributed by atoms with van der Waals surface area (Å²) in [6, 6.07) is 9.85. The molecule has 1 unspecified atom stereocenters. The SMILES string of the molecule is CCc1cc(CC(CO)c2cccc(Cl)c2)n(CC)n1. The van der Waals surface area contributed by atoms with E-state index in [1.54, 1.807) is 0 Å². The fourth-order valence-corrected chi connectivity index (χ4v) is 2.63. The molecular weight excluding hydrogens is 272 g/mol. The maximum atomic E-state index is 9.69. The third-order valence-corrected chi connectivity index (χ3v) is 3.81. The van der Waals surface area contributed by atoms with E-state index in [1.807, 2.05) is 28.9 Å². The van der Waals surface area contributed by atoms with Gasteiger partial charge in [0.1, 0.15) is 0 Å². The number of halogens is 1. The Morgan fingerprint density at radius 3 is 2.70 bits per heavy atom. The standard InChI is InChI=1S/C16H21ClN2O/c1-3-15-10-16(19(4-2)18-15)9-13(11-20)12-6-5-7-14(17)8-12/h5-8,10,13,20H,3-4,9,11H2,1-2H3. The quantitative estimate of drug-likeness (QED) is 0.886. The van der Waals surface area contributed by atoms with E-state index in [1.165, 1.54) is 5.69 Å². The number of aryl methyl sites for hydroxylation is 2. The van der Waals surface area contributed by atoms with Crippen LogP contribution in [0.3, 0.4) is 0 Å². The lowest BCUT2D eigenvalue weighted by Gasteiger charge is -2.15. The number of hydrogen-bond donors (Lipinski definition) is 1. The van der Waals surface area contributed by atoms with Crippen LogP contribution < -0.4 is 0 Å². The zero-order chi connectivity index (χ0) is 14.5. The fraction of sp³-hybridized carbons (Fsp3) is 0.438. The molecule has 108 valence electrons. The number of aromatic nitrogens is 2. The van der Waals surface area contributed by atoms with E-state index in [-0.39, 0.29) is 12.5 Å². The van der Waals surface area contributed by atoms with E-state index in [4.69, 9.17) is 11.6 Å². The van der Waals surface area contributed by atoms with Crippen molar-refractivity contribution in [1.82, 2.24) is 9.78 Å². The number of hydrogen-bond acceptors (Lipinski definition) is 2. The van der Waals surface area contributed by atoms with Gasteiger partial charge in [0.25, 0.3) is 0 Å². The molecule has 0 saturated carbocycles. The van der Waals surface area contributed by atoms with Crippen LogP contribution in [-0.2, 0) is 19.4 Å². The summed E-state index contributed by atoms with van der Waals surface area (Å²) in [5.74, 6) is 0.0559. The van der Waals surface area contributed by atoms with Gasteiger partial charge in [0, 0.05) is 23.2 Å². The van der Waals surface area contributed by atoms with Crippen molar-refractivity contribution in [2.45, 2.75) is 39.2 Å². The summed E-state index contributed by atoms with van der Waals surface area (Å²) in [7, 11) is 0. The van der Waals surface area contributed by atoms with Gasteiger partial charge in [-0.1, -0.05) is 30.7 Å². The third kappa shape index (κ3) is 3.41. The molecule has 0 radical (unpaired) electrons. The Morgan fingerprint density at radius 2 is 2.10 bits per heavy atom. The molecule has 0 amide bonds. The normalized spacial score (nSPS) is 12.6. The summed E-state index contributed by atoms with van der Waals surface area (Å²) in [4.78, 5) is 0. The van der Waals surface area contributed by atoms with Crippen LogP contribution in [0, 0.1) is 0 Å². The molecule has 2 rings (SSSR count). The van der Waals surface area contributed by atoms with Crippen LogP contribution in [0.2, 0.25) is 5.02 Å². The first-order valence-corrected chi connectivity index (χ1v) is 7.47. The molecular formula is C16H21ClN2O. The van der Waals surface area contributed by atoms with Gasteiger partial charge in [0.2, 0.25) is 0 Å². The number of aliphatic hydroxyl groups excluding tert-OH is 1. The smallest absolute Gasteiger partial charge is 0.0624 e. The predicted molar refractivity (Wildman–Crippen MR) is 82.3 cm³/mol. The molecule has 4 heteroatoms. The van der Waals surface area contributed by atoms with Gasteiger partial charge in [0.15, 0.2) is 0 Å². The van der Waals surface area contributed by atoms with Crippen molar-refractivity contribution in [3.05, 3.63) is 52.3 Å². The monoisotopic (exact) mass is 292 g/mol. The highest BCUT2D eigenvalue weighted by Gasteiger charge is 2.15. The molecule has 0 aliphatic carbocycles. The van der Waals surface area contributed by atoms with Crippen molar-refractivity contribution in [2.24, 2.45) is 0 Å². The van der Waals surface area contributed by atoms with Crippen LogP contribution in [0.25, 0.3) is 0 Å². The first kappa shape index (κ1) is 15.1. The second kappa shape index (κ2) is 6.91. The molecule has 3 nitrogen and oxygen atoms in total. The number of benzene rings is 1. The largest absolute Gasteiger partial charge is 0.396 e. The molecule has 1 aromatic heterocycles. The third-order valence-electron chi connectivity index (χ3n) is 3.57. The van der Waals surface area contributed by atoms with Gasteiger partial charge in [-0.05, 0) is 43.5 Å². The summed E-state index contributed by atoms with van der Waals surface area (Å²) >= 11 is 6.03. The van der Waals surface area contributed by atoms with Crippen LogP contribution >= 0.6 is 11.6 Å². The molecule has 0 fully saturated rings. The van der Waals surface area contributed by atoms with Crippen molar-refractivity contribution < 1.29 is 5.11 Å². The molecule has 1 aromatic carbocycles. The highest BCUT2D eigenvalue weighted by Crippen LogP contribution is 2.23. The molecule has 1 N–H and O–H groups in total. The fourth-order valence-electron chi connectivity index (χ4n) is 2.43. The molecule has 0 aliphatic heterocycles. The lowest BCUT2D eigenvalue weighted by atomic mass is 9.95. The van der Waals surface area contributed by atoms with E-state index >= 15 is 0 Å². The molecule has 20 heavy (non-hydrogen) atoms. The summed E-state index contributed by atoms with van der Waals surface area (Å²) in [5, 5.41) is 14.9. The lowest BCUT2D eigenvalue weighted by Crippen LogP contribution is -2.12. The van der Waals surface area contributed by atoms with Gasteiger partial charge in [-0.2, -0.15) is 5.10 Å². The number of aliphatic hydroxyl groups is 1. The van der Waals surface area contributed by atoms with Gasteiger partial charge in [-0.25, -0.2) is 0 Å². The molecule has 2 aromatic rings. The van der Waals surface area contributed by atoms with Gasteiger partial charge < -0.3 is 5.11 Å². The number of nitrogens with zero attached hydrogens (tertiary/aromatic N) is 2. The lowest BCUT2D eigenvalue weighted by molar-refractivity contribution is 0.262. The van der Waals surface area contributed by atoms with Crippen LogP contribution in [0.4, 0.5) is 0 Å². The average Bonchev–Trinajstić information content (AvgIpc) is 2.87. The minimum Gasteiger partial charge on any atom is -0.396 e. The van der Waals surface area contributed by atoms with Crippen LogP contribution in [-0.4, -0.2) is 21.5 Å². The van der Waals surface area contributed by atoms with Gasteiger partial charge in [0.05, 0.1) is 12.3 Å². The van der Waals surface area contributed by atoms with E-state index in [0.29, 0.717) is 5.02 Å². The molecule has 0 spiro atoms. The van der Waals surface area contributed by atoms with Crippen molar-refractivity contribution in [2.75, 3.05) is 6.61 Å². The summed E-state index contributed by atoms with van der Waals surface area (Å²) < 4.78 is 2.02. The first-order chi connectivity index (χ1) is 9.67. The van der Waals surface area contributed by atoms with Crippen molar-refractivity contribution in [1.29, 1.82) is 0 Å². The predicted octanol–water partition coefficient (Wildman–Crippen LogP) is 3.44. The van der Waals surface area contributed by atoms with E-state index in [2.05, 4.69) is 25.0 Å². The Hall–Kier alpha value is -1.32.